The summed E-state index contributed by atoms with van der Waals surface area (Å²) in [6, 6.07) is 0. The quantitative estimate of drug-likeness (QED) is 0.0602. The Kier molecular flexibility index (Phi) is 24.0. The molecule has 103 heavy (non-hydrogen) atoms. The van der Waals surface area contributed by atoms with E-state index in [1.807, 2.05) is 0 Å². The van der Waals surface area contributed by atoms with Crippen molar-refractivity contribution in [3.63, 3.8) is 0 Å². The van der Waals surface area contributed by atoms with Crippen LogP contribution in [-0.4, -0.2) is 358 Å². The molecule has 35 heteroatoms. The Hall–Kier alpha value is -1.69. The number of ketones is 1. The molecule has 592 valence electrons. The second-order valence-electron chi connectivity index (χ2n) is 32.1. The Morgan fingerprint density at radius 3 is 1.52 bits per heavy atom. The molecule has 1 spiro atoms. The first kappa shape index (κ1) is 79.4. The second-order valence-corrected chi connectivity index (χ2v) is 32.1. The lowest BCUT2D eigenvalue weighted by Gasteiger charge is -2.60. The second kappa shape index (κ2) is 31.1. The maximum Gasteiger partial charge on any atom is 0.187 e. The van der Waals surface area contributed by atoms with Crippen molar-refractivity contribution in [2.45, 2.75) is 333 Å². The molecule has 18 N–H and O–H groups in total. The summed E-state index contributed by atoms with van der Waals surface area (Å²) in [7, 11) is 0. The Bertz CT molecular complexity index is 2830. The van der Waals surface area contributed by atoms with Crippen molar-refractivity contribution in [2.24, 2.45) is 52.3 Å². The minimum absolute atomic E-state index is 0.0444. The largest absolute Gasteiger partial charge is 0.394 e. The smallest absolute Gasteiger partial charge is 0.187 e. The Labute approximate surface area is 594 Å². The van der Waals surface area contributed by atoms with Crippen LogP contribution in [0.5, 0.6) is 0 Å². The fourth-order valence-corrected chi connectivity index (χ4v) is 19.9. The molecule has 13 rings (SSSR count). The first-order valence-electron chi connectivity index (χ1n) is 36.8. The number of hydrogen-bond donors (Lipinski definition) is 18. The first-order chi connectivity index (χ1) is 48.8. The van der Waals surface area contributed by atoms with E-state index in [1.165, 1.54) is 20.8 Å². The molecular weight excluding hydrogens is 1380 g/mol. The van der Waals surface area contributed by atoms with Crippen LogP contribution in [0.3, 0.4) is 0 Å². The summed E-state index contributed by atoms with van der Waals surface area (Å²) in [6.07, 6.45) is -56.3. The number of ether oxygens (including phenoxy) is 16. The van der Waals surface area contributed by atoms with Crippen molar-refractivity contribution in [3.8, 4) is 0 Å². The van der Waals surface area contributed by atoms with Gasteiger partial charge in [-0.25, -0.2) is 0 Å². The number of fused-ring (bicyclic) bond motifs is 7. The van der Waals surface area contributed by atoms with Gasteiger partial charge in [-0.15, -0.1) is 0 Å². The van der Waals surface area contributed by atoms with Gasteiger partial charge in [0.1, 0.15) is 152 Å². The highest BCUT2D eigenvalue weighted by molar-refractivity contribution is 5.87. The van der Waals surface area contributed by atoms with Gasteiger partial charge in [-0.05, 0) is 101 Å². The van der Waals surface area contributed by atoms with Gasteiger partial charge in [0, 0.05) is 30.1 Å². The maximum absolute atomic E-state index is 14.8. The SMILES string of the molecule is C[C@@H]1CCC2(OC1)OC1CC3C4CC[C@H]5C[C@@H](O[C@@H]6O[C@H](CO)[C@H](O[C@H]7O[C@H](CO)[C@@H](O[C@@H]8O[C@H](CO)[C@@H](O)[C@H](O[C@@H]9O[C@@H](C)[C@H](O[C@H]%10O[C@@H](C)[C@H](O)[C@@H](O)[C@H]%10O)[C@@H](O)[C@H]9O[C@H]9O[C@@H](C)[C@H](O)[C@@H](O)[C@H]9O)[C@H]8O[C@H]8OC[C@@H](O)[C@H](O)[C@H]8O)[C@H](O)[C@H]7O)[C@H](O)[C@H]6O)CC[C@]5(C)C4CC(=O)[C@]3(C)C1[C@@H]2C. The van der Waals surface area contributed by atoms with Gasteiger partial charge < -0.3 is 168 Å². The molecule has 4 saturated carbocycles. The highest BCUT2D eigenvalue weighted by Crippen LogP contribution is 2.71. The molecule has 0 amide bonds. The molecule has 13 fully saturated rings. The zero-order valence-electron chi connectivity index (χ0n) is 58.7. The van der Waals surface area contributed by atoms with Gasteiger partial charge in [0.2, 0.25) is 0 Å². The predicted molar refractivity (Wildman–Crippen MR) is 336 cm³/mol. The lowest BCUT2D eigenvalue weighted by Crippen LogP contribution is -2.69. The lowest BCUT2D eigenvalue weighted by molar-refractivity contribution is -0.416. The van der Waals surface area contributed by atoms with E-state index in [9.17, 15) is 96.7 Å². The van der Waals surface area contributed by atoms with Crippen LogP contribution in [0.1, 0.15) is 106 Å². The van der Waals surface area contributed by atoms with E-state index in [-0.39, 0.29) is 41.1 Å². The number of carbonyl (C=O) groups is 1. The Morgan fingerprint density at radius 2 is 0.932 bits per heavy atom. The van der Waals surface area contributed by atoms with Gasteiger partial charge in [0.25, 0.3) is 0 Å². The molecule has 0 aromatic carbocycles. The van der Waals surface area contributed by atoms with Crippen LogP contribution in [0.4, 0.5) is 0 Å². The Balaban J connectivity index is 0.687. The molecule has 9 saturated heterocycles. The third-order valence-corrected chi connectivity index (χ3v) is 26.1. The number of aliphatic hydroxyl groups excluding tert-OH is 18. The standard InChI is InChI=1S/C68H110O35/c1-22-10-13-68(89-20-22)23(2)38-33(103-68)15-31-29-9-8-27-14-28(11-12-66(27,6)30(29)16-37(73)67(31,38)7)93-62-50(85)45(80)54(35(18-70)95-62)98-63-51(86)46(81)55(36(19-71)96-63)99-65-58(102-59-47(82)41(76)32(72)21-88-59)56(42(77)34(17-69)94-65)100-64-57(101-61-49(84)44(79)40(75)25(4)91-61)52(87)53(26(5)92-64)97-60-48(83)43(78)39(74)24(3)90-60/h22-36,38-65,69-72,74-87H,8-21H2,1-7H3/t22-,23+,24+,25+,26+,27+,28+,29?,30?,31?,32-,33?,34-,35-,36-,38?,39+,40+,41+,42-,43-,44-,45-,46-,47-,48-,49-,50-,51-,52-,53+,54+,55-,56+,57-,58-,59-,60-,61-,62-,63-,64+,65+,66+,67-,68?/m1/s1. The van der Waals surface area contributed by atoms with Crippen LogP contribution >= 0.6 is 0 Å². The van der Waals surface area contributed by atoms with Crippen LogP contribution in [-0.2, 0) is 80.6 Å². The van der Waals surface area contributed by atoms with Gasteiger partial charge in [-0.3, -0.25) is 4.79 Å². The number of aliphatic hydroxyl groups is 18. The van der Waals surface area contributed by atoms with Crippen LogP contribution in [0.15, 0.2) is 0 Å². The van der Waals surface area contributed by atoms with Gasteiger partial charge in [0.05, 0.1) is 63.6 Å². The molecule has 13 aliphatic rings. The van der Waals surface area contributed by atoms with Gasteiger partial charge in [-0.1, -0.05) is 27.7 Å². The highest BCUT2D eigenvalue weighted by Gasteiger charge is 2.72. The van der Waals surface area contributed by atoms with Crippen molar-refractivity contribution in [1.82, 2.24) is 0 Å². The van der Waals surface area contributed by atoms with Crippen molar-refractivity contribution >= 4 is 5.78 Å². The Morgan fingerprint density at radius 1 is 0.427 bits per heavy atom. The molecule has 0 aromatic rings. The molecule has 9 aliphatic heterocycles. The zero-order chi connectivity index (χ0) is 74.1. The minimum Gasteiger partial charge on any atom is -0.394 e. The van der Waals surface area contributed by atoms with E-state index in [4.69, 9.17) is 75.8 Å². The molecular formula is C68H110O35. The van der Waals surface area contributed by atoms with Crippen molar-refractivity contribution < 1.29 is 173 Å². The first-order valence-corrected chi connectivity index (χ1v) is 36.8. The number of hydrogen-bond acceptors (Lipinski definition) is 35. The number of carbonyl (C=O) groups excluding carboxylic acids is 1. The predicted octanol–water partition coefficient (Wildman–Crippen LogP) is -6.54. The van der Waals surface area contributed by atoms with Crippen molar-refractivity contribution in [2.75, 3.05) is 33.0 Å². The summed E-state index contributed by atoms with van der Waals surface area (Å²) in [6.45, 7) is 9.94. The van der Waals surface area contributed by atoms with Crippen molar-refractivity contribution in [3.05, 3.63) is 0 Å². The van der Waals surface area contributed by atoms with Gasteiger partial charge >= 0.3 is 0 Å². The lowest BCUT2D eigenvalue weighted by atomic mass is 9.44. The van der Waals surface area contributed by atoms with Crippen LogP contribution in [0, 0.1) is 52.3 Å². The molecule has 0 aromatic heterocycles. The topological polar surface area (TPSA) is 529 Å². The minimum atomic E-state index is -2.21. The van der Waals surface area contributed by atoms with E-state index in [0.717, 1.165) is 38.5 Å². The molecule has 9 heterocycles. The summed E-state index contributed by atoms with van der Waals surface area (Å²) < 4.78 is 98.3. The number of rotatable bonds is 17. The average Bonchev–Trinajstić information content (AvgIpc) is 1.55. The summed E-state index contributed by atoms with van der Waals surface area (Å²) in [5, 5.41) is 202. The highest BCUT2D eigenvalue weighted by atomic mass is 16.8. The summed E-state index contributed by atoms with van der Waals surface area (Å²) >= 11 is 0. The van der Waals surface area contributed by atoms with Crippen LogP contribution in [0.2, 0.25) is 0 Å². The van der Waals surface area contributed by atoms with E-state index >= 15 is 0 Å². The van der Waals surface area contributed by atoms with Gasteiger partial charge in [0.15, 0.2) is 49.8 Å². The van der Waals surface area contributed by atoms with Gasteiger partial charge in [-0.2, -0.15) is 0 Å². The summed E-state index contributed by atoms with van der Waals surface area (Å²) in [5.74, 6) is 1.10. The third kappa shape index (κ3) is 14.2. The number of Topliss-reactive ketones (excluding diaryl/α,β-unsaturated/α-hetero) is 1. The average molecular weight is 1490 g/mol. The van der Waals surface area contributed by atoms with E-state index in [1.54, 1.807) is 0 Å². The molecule has 35 nitrogen and oxygen atoms in total. The van der Waals surface area contributed by atoms with Crippen LogP contribution in [0.25, 0.3) is 0 Å². The molecule has 6 unspecified atom stereocenters. The zero-order valence-corrected chi connectivity index (χ0v) is 58.7. The molecule has 46 atom stereocenters. The molecule has 4 aliphatic carbocycles. The summed E-state index contributed by atoms with van der Waals surface area (Å²) in [5.41, 5.74) is -0.707. The normalized spacial score (nSPS) is 57.6. The van der Waals surface area contributed by atoms with Crippen LogP contribution < -0.4 is 0 Å². The molecule has 0 bridgehead atoms. The molecule has 0 radical (unpaired) electrons. The van der Waals surface area contributed by atoms with Crippen molar-refractivity contribution in [1.29, 1.82) is 0 Å². The van der Waals surface area contributed by atoms with E-state index in [0.29, 0.717) is 43.5 Å². The van der Waals surface area contributed by atoms with E-state index < -0.39 is 253 Å². The maximum atomic E-state index is 14.8. The summed E-state index contributed by atoms with van der Waals surface area (Å²) in [4.78, 5) is 14.8. The third-order valence-electron chi connectivity index (χ3n) is 26.1. The fourth-order valence-electron chi connectivity index (χ4n) is 19.9. The monoisotopic (exact) mass is 1490 g/mol. The van der Waals surface area contributed by atoms with E-state index in [2.05, 4.69) is 27.7 Å². The fraction of sp³-hybridized carbons (Fsp3) is 0.985.